The predicted molar refractivity (Wildman–Crippen MR) is 144 cm³/mol. The van der Waals surface area contributed by atoms with Crippen molar-refractivity contribution in [2.75, 3.05) is 13.2 Å². The first-order chi connectivity index (χ1) is 17.5. The van der Waals surface area contributed by atoms with Crippen molar-refractivity contribution in [1.29, 1.82) is 0 Å². The molecule has 1 amide bonds. The first kappa shape index (κ1) is 25.6. The van der Waals surface area contributed by atoms with Crippen LogP contribution in [0.3, 0.4) is 0 Å². The van der Waals surface area contributed by atoms with Crippen molar-refractivity contribution in [1.82, 2.24) is 14.9 Å². The maximum absolute atomic E-state index is 12.4. The lowest BCUT2D eigenvalue weighted by atomic mass is 9.99. The molecule has 0 bridgehead atoms. The lowest BCUT2D eigenvalue weighted by Crippen LogP contribution is -2.29. The molecule has 4 aromatic rings. The van der Waals surface area contributed by atoms with Crippen LogP contribution >= 0.6 is 11.6 Å². The van der Waals surface area contributed by atoms with Gasteiger partial charge in [0.05, 0.1) is 24.2 Å². The van der Waals surface area contributed by atoms with Crippen LogP contribution in [0.4, 0.5) is 0 Å². The number of hydrogen-bond donors (Lipinski definition) is 1. The van der Waals surface area contributed by atoms with Crippen molar-refractivity contribution < 1.29 is 14.3 Å². The zero-order valence-corrected chi connectivity index (χ0v) is 21.5. The van der Waals surface area contributed by atoms with Crippen molar-refractivity contribution in [3.63, 3.8) is 0 Å². The van der Waals surface area contributed by atoms with Gasteiger partial charge in [0.2, 0.25) is 0 Å². The Balaban J connectivity index is 1.31. The Hall–Kier alpha value is -3.51. The Morgan fingerprint density at radius 1 is 1.00 bits per heavy atom. The molecule has 7 heteroatoms. The van der Waals surface area contributed by atoms with Gasteiger partial charge in [-0.15, -0.1) is 0 Å². The van der Waals surface area contributed by atoms with E-state index in [1.165, 1.54) is 5.56 Å². The van der Waals surface area contributed by atoms with Crippen LogP contribution in [0.15, 0.2) is 72.8 Å². The van der Waals surface area contributed by atoms with Crippen molar-refractivity contribution in [2.45, 2.75) is 45.7 Å². The maximum Gasteiger partial charge on any atom is 0.258 e. The molecule has 0 fully saturated rings. The molecule has 0 saturated heterocycles. The highest BCUT2D eigenvalue weighted by Crippen LogP contribution is 2.22. The van der Waals surface area contributed by atoms with Crippen LogP contribution in [0.25, 0.3) is 11.0 Å². The summed E-state index contributed by atoms with van der Waals surface area (Å²) >= 11 is 5.89. The van der Waals surface area contributed by atoms with E-state index < -0.39 is 0 Å². The Morgan fingerprint density at radius 3 is 2.44 bits per heavy atom. The highest BCUT2D eigenvalue weighted by Gasteiger charge is 2.12. The van der Waals surface area contributed by atoms with E-state index in [4.69, 9.17) is 26.1 Å². The van der Waals surface area contributed by atoms with Gasteiger partial charge in [0.15, 0.2) is 6.61 Å². The molecular formula is C29H32ClN3O3. The van der Waals surface area contributed by atoms with E-state index in [1.54, 1.807) is 24.3 Å². The molecule has 1 aromatic heterocycles. The van der Waals surface area contributed by atoms with E-state index in [-0.39, 0.29) is 12.5 Å². The maximum atomic E-state index is 12.4. The SMILES string of the molecule is CCC(C)c1ccc(OCCCn2c(CNC(=O)COc3ccc(Cl)cc3)nc3ccccc32)cc1. The summed E-state index contributed by atoms with van der Waals surface area (Å²) < 4.78 is 13.7. The average Bonchev–Trinajstić information content (AvgIpc) is 3.27. The Bertz CT molecular complexity index is 1270. The number of halogens is 1. The van der Waals surface area contributed by atoms with Gasteiger partial charge in [-0.3, -0.25) is 4.79 Å². The van der Waals surface area contributed by atoms with Gasteiger partial charge in [-0.2, -0.15) is 0 Å². The largest absolute Gasteiger partial charge is 0.494 e. The van der Waals surface area contributed by atoms with Crippen LogP contribution in [0.1, 0.15) is 44.0 Å². The number of aromatic nitrogens is 2. The van der Waals surface area contributed by atoms with Crippen molar-refractivity contribution in [3.8, 4) is 11.5 Å². The molecule has 0 aliphatic heterocycles. The summed E-state index contributed by atoms with van der Waals surface area (Å²) in [7, 11) is 0. The fourth-order valence-corrected chi connectivity index (χ4v) is 4.09. The number of para-hydroxylation sites is 2. The second-order valence-electron chi connectivity index (χ2n) is 8.77. The Kier molecular flexibility index (Phi) is 8.85. The molecule has 0 aliphatic rings. The average molecular weight is 506 g/mol. The van der Waals surface area contributed by atoms with Gasteiger partial charge in [0.25, 0.3) is 5.91 Å². The second-order valence-corrected chi connectivity index (χ2v) is 9.20. The van der Waals surface area contributed by atoms with E-state index in [1.807, 2.05) is 36.4 Å². The first-order valence-corrected chi connectivity index (χ1v) is 12.7. The lowest BCUT2D eigenvalue weighted by Gasteiger charge is -2.12. The van der Waals surface area contributed by atoms with Crippen LogP contribution in [0.2, 0.25) is 5.02 Å². The summed E-state index contributed by atoms with van der Waals surface area (Å²) in [5, 5.41) is 3.53. The Labute approximate surface area is 217 Å². The van der Waals surface area contributed by atoms with Gasteiger partial charge in [0.1, 0.15) is 17.3 Å². The number of fused-ring (bicyclic) bond motifs is 1. The van der Waals surface area contributed by atoms with E-state index in [0.717, 1.165) is 42.0 Å². The summed E-state index contributed by atoms with van der Waals surface area (Å²) in [4.78, 5) is 17.1. The molecule has 0 saturated carbocycles. The zero-order chi connectivity index (χ0) is 25.3. The number of amides is 1. The summed E-state index contributed by atoms with van der Waals surface area (Å²) in [6.45, 7) is 6.00. The Morgan fingerprint density at radius 2 is 1.69 bits per heavy atom. The third kappa shape index (κ3) is 6.79. The molecule has 6 nitrogen and oxygen atoms in total. The van der Waals surface area contributed by atoms with Gasteiger partial charge in [-0.05, 0) is 72.9 Å². The zero-order valence-electron chi connectivity index (χ0n) is 20.7. The minimum Gasteiger partial charge on any atom is -0.494 e. The number of ether oxygens (including phenoxy) is 2. The molecule has 3 aromatic carbocycles. The molecule has 4 rings (SSSR count). The van der Waals surface area contributed by atoms with E-state index >= 15 is 0 Å². The standard InChI is InChI=1S/C29H32ClN3O3/c1-3-21(2)22-9-13-24(14-10-22)35-18-6-17-33-27-8-5-4-7-26(27)32-28(33)19-31-29(34)20-36-25-15-11-23(30)12-16-25/h4-5,7-16,21H,3,6,17-20H2,1-2H3,(H,31,34). The summed E-state index contributed by atoms with van der Waals surface area (Å²) in [5.41, 5.74) is 3.28. The number of rotatable bonds is 12. The number of imidazole rings is 1. The summed E-state index contributed by atoms with van der Waals surface area (Å²) in [6.07, 6.45) is 1.94. The molecule has 1 atom stereocenters. The third-order valence-electron chi connectivity index (χ3n) is 6.22. The topological polar surface area (TPSA) is 65.4 Å². The number of nitrogens with one attached hydrogen (secondary N) is 1. The van der Waals surface area contributed by atoms with Gasteiger partial charge >= 0.3 is 0 Å². The van der Waals surface area contributed by atoms with Crippen molar-refractivity contribution in [3.05, 3.63) is 89.2 Å². The van der Waals surface area contributed by atoms with Crippen LogP contribution in [0, 0.1) is 0 Å². The van der Waals surface area contributed by atoms with Crippen LogP contribution < -0.4 is 14.8 Å². The van der Waals surface area contributed by atoms with E-state index in [9.17, 15) is 4.79 Å². The third-order valence-corrected chi connectivity index (χ3v) is 6.47. The molecule has 36 heavy (non-hydrogen) atoms. The number of carbonyl (C=O) groups is 1. The molecular weight excluding hydrogens is 474 g/mol. The number of carbonyl (C=O) groups excluding carboxylic acids is 1. The molecule has 188 valence electrons. The summed E-state index contributed by atoms with van der Waals surface area (Å²) in [5.74, 6) is 2.61. The van der Waals surface area contributed by atoms with Gasteiger partial charge in [-0.1, -0.05) is 49.7 Å². The molecule has 1 unspecified atom stereocenters. The van der Waals surface area contributed by atoms with Crippen LogP contribution in [-0.4, -0.2) is 28.7 Å². The highest BCUT2D eigenvalue weighted by atomic mass is 35.5. The van der Waals surface area contributed by atoms with Crippen LogP contribution in [-0.2, 0) is 17.9 Å². The number of hydrogen-bond acceptors (Lipinski definition) is 4. The molecule has 1 N–H and O–H groups in total. The fourth-order valence-electron chi connectivity index (χ4n) is 3.96. The molecule has 0 spiro atoms. The molecule has 0 aliphatic carbocycles. The van der Waals surface area contributed by atoms with E-state index in [2.05, 4.69) is 35.9 Å². The van der Waals surface area contributed by atoms with Gasteiger partial charge in [-0.25, -0.2) is 4.98 Å². The van der Waals surface area contributed by atoms with E-state index in [0.29, 0.717) is 29.8 Å². The van der Waals surface area contributed by atoms with Gasteiger partial charge in [0, 0.05) is 11.6 Å². The number of nitrogens with zero attached hydrogens (tertiary/aromatic N) is 2. The number of benzene rings is 3. The molecule has 1 heterocycles. The first-order valence-electron chi connectivity index (χ1n) is 12.4. The van der Waals surface area contributed by atoms with Crippen molar-refractivity contribution >= 4 is 28.5 Å². The lowest BCUT2D eigenvalue weighted by molar-refractivity contribution is -0.123. The molecule has 0 radical (unpaired) electrons. The van der Waals surface area contributed by atoms with Crippen LogP contribution in [0.5, 0.6) is 11.5 Å². The van der Waals surface area contributed by atoms with Gasteiger partial charge < -0.3 is 19.4 Å². The normalized spacial score (nSPS) is 11.9. The number of aryl methyl sites for hydroxylation is 1. The fraction of sp³-hybridized carbons (Fsp3) is 0.310. The predicted octanol–water partition coefficient (Wildman–Crippen LogP) is 6.37. The smallest absolute Gasteiger partial charge is 0.258 e. The minimum absolute atomic E-state index is 0.0779. The second kappa shape index (κ2) is 12.5. The summed E-state index contributed by atoms with van der Waals surface area (Å²) in [6, 6.07) is 23.3. The highest BCUT2D eigenvalue weighted by molar-refractivity contribution is 6.30. The quantitative estimate of drug-likeness (QED) is 0.227. The monoisotopic (exact) mass is 505 g/mol. The minimum atomic E-state index is -0.215. The van der Waals surface area contributed by atoms with Crippen molar-refractivity contribution in [2.24, 2.45) is 0 Å².